The summed E-state index contributed by atoms with van der Waals surface area (Å²) in [5, 5.41) is 18.4. The van der Waals surface area contributed by atoms with Crippen LogP contribution < -0.4 is 14.8 Å². The number of carbonyl (C=O) groups is 1. The number of nitro groups is 1. The first kappa shape index (κ1) is 24.8. The fraction of sp³-hybridized carbons (Fsp3) is 0.200. The van der Waals surface area contributed by atoms with Crippen LogP contribution in [-0.4, -0.2) is 27.7 Å². The average Bonchev–Trinajstić information content (AvgIpc) is 3.44. The summed E-state index contributed by atoms with van der Waals surface area (Å²) < 4.78 is 18.3. The molecule has 0 bridgehead atoms. The van der Waals surface area contributed by atoms with Crippen molar-refractivity contribution >= 4 is 28.9 Å². The number of non-ortho nitro benzene ring substituents is 1. The van der Waals surface area contributed by atoms with Gasteiger partial charge in [-0.1, -0.05) is 23.7 Å². The standard InChI is InChI=1S/C25H23ClN4O6/c1-15-24(16(2)29(28-15)13-17-5-4-6-19(11-17)34-3)27-25(31)23-10-8-20(36-23)14-35-22-9-7-18(30(32)33)12-21(22)26/h4-12H,13-14H2,1-3H3,(H,27,31). The number of hydrogen-bond donors (Lipinski definition) is 1. The second-order valence-corrected chi connectivity index (χ2v) is 8.34. The van der Waals surface area contributed by atoms with Crippen LogP contribution in [0.3, 0.4) is 0 Å². The van der Waals surface area contributed by atoms with Crippen LogP contribution in [0.5, 0.6) is 11.5 Å². The van der Waals surface area contributed by atoms with Gasteiger partial charge < -0.3 is 19.2 Å². The molecule has 0 saturated carbocycles. The van der Waals surface area contributed by atoms with Crippen LogP contribution in [0.4, 0.5) is 11.4 Å². The maximum absolute atomic E-state index is 12.8. The van der Waals surface area contributed by atoms with Crippen LogP contribution in [-0.2, 0) is 13.2 Å². The summed E-state index contributed by atoms with van der Waals surface area (Å²) in [6, 6.07) is 14.8. The van der Waals surface area contributed by atoms with Crippen LogP contribution in [0.25, 0.3) is 0 Å². The maximum Gasteiger partial charge on any atom is 0.291 e. The van der Waals surface area contributed by atoms with E-state index in [0.29, 0.717) is 23.7 Å². The Balaban J connectivity index is 1.41. The van der Waals surface area contributed by atoms with Crippen molar-refractivity contribution in [3.05, 3.63) is 98.2 Å². The van der Waals surface area contributed by atoms with E-state index < -0.39 is 10.8 Å². The Bertz CT molecular complexity index is 1430. The van der Waals surface area contributed by atoms with E-state index in [9.17, 15) is 14.9 Å². The van der Waals surface area contributed by atoms with Gasteiger partial charge in [-0.15, -0.1) is 0 Å². The van der Waals surface area contributed by atoms with Gasteiger partial charge in [0.05, 0.1) is 40.7 Å². The molecule has 0 aliphatic heterocycles. The van der Waals surface area contributed by atoms with Crippen molar-refractivity contribution < 1.29 is 23.6 Å². The van der Waals surface area contributed by atoms with E-state index in [-0.39, 0.29) is 28.8 Å². The molecule has 2 heterocycles. The fourth-order valence-electron chi connectivity index (χ4n) is 3.60. The molecular formula is C25H23ClN4O6. The molecule has 0 saturated heterocycles. The third-order valence-electron chi connectivity index (χ3n) is 5.47. The highest BCUT2D eigenvalue weighted by atomic mass is 35.5. The Labute approximate surface area is 211 Å². The summed E-state index contributed by atoms with van der Waals surface area (Å²) in [4.78, 5) is 23.1. The Kier molecular flexibility index (Phi) is 7.25. The molecule has 0 aliphatic carbocycles. The van der Waals surface area contributed by atoms with Crippen molar-refractivity contribution in [2.75, 3.05) is 12.4 Å². The maximum atomic E-state index is 12.8. The van der Waals surface area contributed by atoms with Crippen LogP contribution >= 0.6 is 11.6 Å². The molecule has 36 heavy (non-hydrogen) atoms. The summed E-state index contributed by atoms with van der Waals surface area (Å²) in [5.74, 6) is 1.08. The van der Waals surface area contributed by atoms with E-state index >= 15 is 0 Å². The molecule has 0 atom stereocenters. The quantitative estimate of drug-likeness (QED) is 0.231. The molecular weight excluding hydrogens is 488 g/mol. The summed E-state index contributed by atoms with van der Waals surface area (Å²) in [6.45, 7) is 4.21. The number of hydrogen-bond acceptors (Lipinski definition) is 7. The largest absolute Gasteiger partial charge is 0.497 e. The normalized spacial score (nSPS) is 10.8. The minimum Gasteiger partial charge on any atom is -0.497 e. The smallest absolute Gasteiger partial charge is 0.291 e. The molecule has 4 aromatic rings. The zero-order valence-electron chi connectivity index (χ0n) is 19.8. The number of ether oxygens (including phenoxy) is 2. The topological polar surface area (TPSA) is 122 Å². The highest BCUT2D eigenvalue weighted by molar-refractivity contribution is 6.32. The van der Waals surface area contributed by atoms with Crippen molar-refractivity contribution in [1.82, 2.24) is 9.78 Å². The SMILES string of the molecule is COc1cccc(Cn2nc(C)c(NC(=O)c3ccc(COc4ccc([N+](=O)[O-])cc4Cl)o3)c2C)c1. The molecule has 0 fully saturated rings. The van der Waals surface area contributed by atoms with Gasteiger partial charge in [0, 0.05) is 12.1 Å². The summed E-state index contributed by atoms with van der Waals surface area (Å²) in [6.07, 6.45) is 0. The van der Waals surface area contributed by atoms with Gasteiger partial charge in [-0.25, -0.2) is 0 Å². The molecule has 1 N–H and O–H groups in total. The van der Waals surface area contributed by atoms with Gasteiger partial charge in [0.2, 0.25) is 0 Å². The number of carbonyl (C=O) groups excluding carboxylic acids is 1. The van der Waals surface area contributed by atoms with Gasteiger partial charge in [0.25, 0.3) is 11.6 Å². The number of halogens is 1. The molecule has 0 unspecified atom stereocenters. The number of nitro benzene ring substituents is 1. The number of nitrogens with zero attached hydrogens (tertiary/aromatic N) is 3. The Hall–Kier alpha value is -4.31. The van der Waals surface area contributed by atoms with Crippen LogP contribution in [0.2, 0.25) is 5.02 Å². The number of furan rings is 1. The number of methoxy groups -OCH3 is 1. The van der Waals surface area contributed by atoms with E-state index in [4.69, 9.17) is 25.5 Å². The first-order chi connectivity index (χ1) is 17.2. The predicted octanol–water partition coefficient (Wildman–Crippen LogP) is 5.54. The van der Waals surface area contributed by atoms with E-state index in [2.05, 4.69) is 10.4 Å². The van der Waals surface area contributed by atoms with Crippen LogP contribution in [0.1, 0.15) is 33.3 Å². The van der Waals surface area contributed by atoms with Crippen molar-refractivity contribution in [2.24, 2.45) is 0 Å². The lowest BCUT2D eigenvalue weighted by atomic mass is 10.2. The first-order valence-electron chi connectivity index (χ1n) is 10.9. The van der Waals surface area contributed by atoms with Crippen molar-refractivity contribution in [1.29, 1.82) is 0 Å². The first-order valence-corrected chi connectivity index (χ1v) is 11.3. The third kappa shape index (κ3) is 5.49. The van der Waals surface area contributed by atoms with Gasteiger partial charge in [-0.05, 0) is 49.7 Å². The average molecular weight is 511 g/mol. The van der Waals surface area contributed by atoms with Gasteiger partial charge in [0.15, 0.2) is 5.76 Å². The second kappa shape index (κ2) is 10.5. The molecule has 1 amide bonds. The molecule has 2 aromatic carbocycles. The Morgan fingerprint density at radius 2 is 2.00 bits per heavy atom. The molecule has 11 heteroatoms. The molecule has 2 aromatic heterocycles. The highest BCUT2D eigenvalue weighted by Gasteiger charge is 2.18. The predicted molar refractivity (Wildman–Crippen MR) is 133 cm³/mol. The van der Waals surface area contributed by atoms with Crippen molar-refractivity contribution in [2.45, 2.75) is 27.0 Å². The number of nitrogens with one attached hydrogen (secondary N) is 1. The second-order valence-electron chi connectivity index (χ2n) is 7.94. The Morgan fingerprint density at radius 1 is 1.19 bits per heavy atom. The molecule has 10 nitrogen and oxygen atoms in total. The molecule has 0 radical (unpaired) electrons. The van der Waals surface area contributed by atoms with E-state index in [0.717, 1.165) is 17.0 Å². The number of benzene rings is 2. The lowest BCUT2D eigenvalue weighted by Crippen LogP contribution is -2.12. The van der Waals surface area contributed by atoms with Crippen molar-refractivity contribution in [3.63, 3.8) is 0 Å². The van der Waals surface area contributed by atoms with Gasteiger partial charge in [-0.2, -0.15) is 5.10 Å². The Morgan fingerprint density at radius 3 is 2.72 bits per heavy atom. The van der Waals surface area contributed by atoms with Crippen LogP contribution in [0, 0.1) is 24.0 Å². The molecule has 186 valence electrons. The van der Waals surface area contributed by atoms with Gasteiger partial charge >= 0.3 is 0 Å². The van der Waals surface area contributed by atoms with Gasteiger partial charge in [-0.3, -0.25) is 19.6 Å². The van der Waals surface area contributed by atoms with Crippen LogP contribution in [0.15, 0.2) is 59.0 Å². The highest BCUT2D eigenvalue weighted by Crippen LogP contribution is 2.29. The molecule has 4 rings (SSSR count). The van der Waals surface area contributed by atoms with Crippen molar-refractivity contribution in [3.8, 4) is 11.5 Å². The fourth-order valence-corrected chi connectivity index (χ4v) is 3.83. The lowest BCUT2D eigenvalue weighted by Gasteiger charge is -2.08. The summed E-state index contributed by atoms with van der Waals surface area (Å²) in [5.41, 5.74) is 2.95. The molecule has 0 spiro atoms. The number of aromatic nitrogens is 2. The third-order valence-corrected chi connectivity index (χ3v) is 5.76. The molecule has 0 aliphatic rings. The minimum atomic E-state index is -0.543. The van der Waals surface area contributed by atoms with E-state index in [1.807, 2.05) is 42.8 Å². The number of aryl methyl sites for hydroxylation is 1. The number of amides is 1. The number of anilines is 1. The number of rotatable bonds is 9. The van der Waals surface area contributed by atoms with Gasteiger partial charge in [0.1, 0.15) is 23.9 Å². The summed E-state index contributed by atoms with van der Waals surface area (Å²) in [7, 11) is 1.62. The summed E-state index contributed by atoms with van der Waals surface area (Å²) >= 11 is 6.05. The van der Waals surface area contributed by atoms with E-state index in [1.54, 1.807) is 13.2 Å². The van der Waals surface area contributed by atoms with E-state index in [1.165, 1.54) is 24.3 Å². The zero-order valence-corrected chi connectivity index (χ0v) is 20.5. The zero-order chi connectivity index (χ0) is 25.8. The minimum absolute atomic E-state index is 0.0126. The monoisotopic (exact) mass is 510 g/mol. The lowest BCUT2D eigenvalue weighted by molar-refractivity contribution is -0.384.